The molecular formula is C16H14N4OS2. The number of imidazole rings is 1. The average Bonchev–Trinajstić information content (AvgIpc) is 3.17. The van der Waals surface area contributed by atoms with Crippen LogP contribution in [0.5, 0.6) is 0 Å². The fourth-order valence-electron chi connectivity index (χ4n) is 2.50. The third-order valence-electron chi connectivity index (χ3n) is 3.67. The van der Waals surface area contributed by atoms with E-state index in [0.717, 1.165) is 26.4 Å². The number of aryl methyl sites for hydroxylation is 2. The molecule has 0 aliphatic carbocycles. The lowest BCUT2D eigenvalue weighted by Gasteiger charge is -1.98. The van der Waals surface area contributed by atoms with Crippen LogP contribution in [0.1, 0.15) is 16.8 Å². The number of thiazole rings is 2. The standard InChI is InChI=1S/C16H14N4OS2/c1-9-3-4-10(2)14-13(9)19-15(23-14)18-12(21)7-11-8-20-5-6-22-16(20)17-11/h3-6,8H,7H2,1-2H3,(H,18,19,21). The van der Waals surface area contributed by atoms with Gasteiger partial charge in [0.15, 0.2) is 10.1 Å². The first kappa shape index (κ1) is 14.3. The number of aromatic nitrogens is 3. The van der Waals surface area contributed by atoms with E-state index >= 15 is 0 Å². The third-order valence-corrected chi connectivity index (χ3v) is 5.55. The number of anilines is 1. The van der Waals surface area contributed by atoms with Crippen molar-refractivity contribution >= 4 is 48.9 Å². The summed E-state index contributed by atoms with van der Waals surface area (Å²) in [6, 6.07) is 4.14. The van der Waals surface area contributed by atoms with Gasteiger partial charge in [0.2, 0.25) is 5.91 Å². The number of carbonyl (C=O) groups excluding carboxylic acids is 1. The van der Waals surface area contributed by atoms with Gasteiger partial charge in [-0.3, -0.25) is 9.20 Å². The van der Waals surface area contributed by atoms with E-state index in [4.69, 9.17) is 0 Å². The van der Waals surface area contributed by atoms with Crippen LogP contribution in [0.25, 0.3) is 15.2 Å². The van der Waals surface area contributed by atoms with Crippen LogP contribution >= 0.6 is 22.7 Å². The van der Waals surface area contributed by atoms with E-state index in [1.807, 2.05) is 29.1 Å². The average molecular weight is 342 g/mol. The fraction of sp³-hybridized carbons (Fsp3) is 0.188. The Morgan fingerprint density at radius 1 is 1.26 bits per heavy atom. The van der Waals surface area contributed by atoms with E-state index < -0.39 is 0 Å². The highest BCUT2D eigenvalue weighted by molar-refractivity contribution is 7.22. The molecule has 116 valence electrons. The van der Waals surface area contributed by atoms with Crippen LogP contribution < -0.4 is 5.32 Å². The maximum absolute atomic E-state index is 12.2. The molecule has 0 aliphatic heterocycles. The molecule has 5 nitrogen and oxygen atoms in total. The third kappa shape index (κ3) is 2.62. The molecule has 3 aromatic heterocycles. The molecule has 4 aromatic rings. The molecular weight excluding hydrogens is 328 g/mol. The molecule has 0 bridgehead atoms. The Labute approximate surface area is 140 Å². The largest absolute Gasteiger partial charge is 0.302 e. The van der Waals surface area contributed by atoms with Gasteiger partial charge in [-0.05, 0) is 25.0 Å². The number of rotatable bonds is 3. The van der Waals surface area contributed by atoms with Crippen molar-refractivity contribution in [3.63, 3.8) is 0 Å². The van der Waals surface area contributed by atoms with Crippen LogP contribution in [0, 0.1) is 13.8 Å². The van der Waals surface area contributed by atoms with Crippen molar-refractivity contribution in [1.82, 2.24) is 14.4 Å². The summed E-state index contributed by atoms with van der Waals surface area (Å²) in [6.07, 6.45) is 4.08. The summed E-state index contributed by atoms with van der Waals surface area (Å²) in [5.41, 5.74) is 4.03. The highest BCUT2D eigenvalue weighted by Gasteiger charge is 2.13. The molecule has 0 radical (unpaired) electrons. The fourth-order valence-corrected chi connectivity index (χ4v) is 4.25. The maximum atomic E-state index is 12.2. The lowest BCUT2D eigenvalue weighted by molar-refractivity contribution is -0.115. The molecule has 3 heterocycles. The molecule has 0 spiro atoms. The number of fused-ring (bicyclic) bond motifs is 2. The van der Waals surface area contributed by atoms with E-state index in [-0.39, 0.29) is 12.3 Å². The molecule has 0 fully saturated rings. The van der Waals surface area contributed by atoms with Crippen LogP contribution in [0.4, 0.5) is 5.13 Å². The van der Waals surface area contributed by atoms with Gasteiger partial charge in [-0.2, -0.15) is 0 Å². The van der Waals surface area contributed by atoms with Gasteiger partial charge >= 0.3 is 0 Å². The topological polar surface area (TPSA) is 59.3 Å². The van der Waals surface area contributed by atoms with Gasteiger partial charge in [-0.15, -0.1) is 11.3 Å². The molecule has 0 aliphatic rings. The zero-order valence-electron chi connectivity index (χ0n) is 12.7. The van der Waals surface area contributed by atoms with Gasteiger partial charge in [-0.25, -0.2) is 9.97 Å². The van der Waals surface area contributed by atoms with Gasteiger partial charge in [0.1, 0.15) is 0 Å². The first-order valence-electron chi connectivity index (χ1n) is 7.18. The Bertz CT molecular complexity index is 960. The van der Waals surface area contributed by atoms with Crippen molar-refractivity contribution in [1.29, 1.82) is 0 Å². The summed E-state index contributed by atoms with van der Waals surface area (Å²) >= 11 is 3.07. The minimum atomic E-state index is -0.0925. The summed E-state index contributed by atoms with van der Waals surface area (Å²) in [4.78, 5) is 22.1. The summed E-state index contributed by atoms with van der Waals surface area (Å²) in [5.74, 6) is -0.0925. The van der Waals surface area contributed by atoms with E-state index in [2.05, 4.69) is 34.3 Å². The maximum Gasteiger partial charge on any atom is 0.232 e. The first-order valence-corrected chi connectivity index (χ1v) is 8.87. The van der Waals surface area contributed by atoms with Crippen LogP contribution in [0.3, 0.4) is 0 Å². The lowest BCUT2D eigenvalue weighted by Crippen LogP contribution is -2.14. The number of nitrogens with one attached hydrogen (secondary N) is 1. The zero-order valence-corrected chi connectivity index (χ0v) is 14.3. The molecule has 1 amide bonds. The van der Waals surface area contributed by atoms with Crippen molar-refractivity contribution in [2.24, 2.45) is 0 Å². The quantitative estimate of drug-likeness (QED) is 0.616. The van der Waals surface area contributed by atoms with Crippen molar-refractivity contribution in [3.8, 4) is 0 Å². The van der Waals surface area contributed by atoms with E-state index in [1.165, 1.54) is 16.9 Å². The van der Waals surface area contributed by atoms with Crippen molar-refractivity contribution in [3.05, 3.63) is 46.7 Å². The number of hydrogen-bond donors (Lipinski definition) is 1. The van der Waals surface area contributed by atoms with Crippen LogP contribution in [0.2, 0.25) is 0 Å². The normalized spacial score (nSPS) is 11.4. The molecule has 23 heavy (non-hydrogen) atoms. The molecule has 0 saturated heterocycles. The predicted molar refractivity (Wildman–Crippen MR) is 94.5 cm³/mol. The minimum Gasteiger partial charge on any atom is -0.302 e. The van der Waals surface area contributed by atoms with E-state index in [0.29, 0.717) is 5.13 Å². The van der Waals surface area contributed by atoms with Gasteiger partial charge < -0.3 is 5.32 Å². The number of nitrogens with zero attached hydrogens (tertiary/aromatic N) is 3. The highest BCUT2D eigenvalue weighted by atomic mass is 32.1. The van der Waals surface area contributed by atoms with Crippen LogP contribution in [-0.2, 0) is 11.2 Å². The molecule has 4 rings (SSSR count). The van der Waals surface area contributed by atoms with E-state index in [1.54, 1.807) is 11.3 Å². The first-order chi connectivity index (χ1) is 11.1. The number of carbonyl (C=O) groups is 1. The lowest BCUT2D eigenvalue weighted by atomic mass is 10.1. The predicted octanol–water partition coefficient (Wildman–Crippen LogP) is 3.80. The second-order valence-electron chi connectivity index (χ2n) is 5.45. The van der Waals surface area contributed by atoms with Crippen LogP contribution in [0.15, 0.2) is 29.9 Å². The Balaban J connectivity index is 1.55. The SMILES string of the molecule is Cc1ccc(C)c2sc(NC(=O)Cc3cn4ccsc4n3)nc12. The van der Waals surface area contributed by atoms with E-state index in [9.17, 15) is 4.79 Å². The smallest absolute Gasteiger partial charge is 0.232 e. The number of amides is 1. The van der Waals surface area contributed by atoms with Crippen molar-refractivity contribution < 1.29 is 4.79 Å². The monoisotopic (exact) mass is 342 g/mol. The zero-order chi connectivity index (χ0) is 16.0. The number of benzene rings is 1. The Hall–Kier alpha value is -2.25. The van der Waals surface area contributed by atoms with Gasteiger partial charge in [0, 0.05) is 17.8 Å². The molecule has 0 atom stereocenters. The van der Waals surface area contributed by atoms with Gasteiger partial charge in [0.05, 0.1) is 22.3 Å². The van der Waals surface area contributed by atoms with Crippen LogP contribution in [-0.4, -0.2) is 20.3 Å². The summed E-state index contributed by atoms with van der Waals surface area (Å²) in [5, 5.41) is 5.51. The number of hydrogen-bond acceptors (Lipinski definition) is 5. The minimum absolute atomic E-state index is 0.0925. The summed E-state index contributed by atoms with van der Waals surface area (Å²) in [6.45, 7) is 4.09. The molecule has 1 N–H and O–H groups in total. The molecule has 0 unspecified atom stereocenters. The Morgan fingerprint density at radius 3 is 2.87 bits per heavy atom. The van der Waals surface area contributed by atoms with Crippen molar-refractivity contribution in [2.75, 3.05) is 5.32 Å². The van der Waals surface area contributed by atoms with Gasteiger partial charge in [-0.1, -0.05) is 23.5 Å². The Morgan fingerprint density at radius 2 is 2.09 bits per heavy atom. The molecule has 1 aromatic carbocycles. The van der Waals surface area contributed by atoms with Crippen molar-refractivity contribution in [2.45, 2.75) is 20.3 Å². The second kappa shape index (κ2) is 5.43. The molecule has 7 heteroatoms. The van der Waals surface area contributed by atoms with Gasteiger partial charge in [0.25, 0.3) is 0 Å². The summed E-state index contributed by atoms with van der Waals surface area (Å²) in [7, 11) is 0. The highest BCUT2D eigenvalue weighted by Crippen LogP contribution is 2.30. The summed E-state index contributed by atoms with van der Waals surface area (Å²) < 4.78 is 3.06. The molecule has 0 saturated carbocycles. The second-order valence-corrected chi connectivity index (χ2v) is 7.32. The Kier molecular flexibility index (Phi) is 3.39.